The summed E-state index contributed by atoms with van der Waals surface area (Å²) in [5.41, 5.74) is -2.10. The average molecular weight is 477 g/mol. The van der Waals surface area contributed by atoms with Crippen LogP contribution in [0.25, 0.3) is 22.5 Å². The molecule has 0 saturated heterocycles. The number of carbonyl (C=O) groups is 1. The van der Waals surface area contributed by atoms with Gasteiger partial charge < -0.3 is 5.32 Å². The molecule has 4 aromatic rings. The molecule has 0 radical (unpaired) electrons. The Morgan fingerprint density at radius 1 is 0.794 bits per heavy atom. The zero-order valence-corrected chi connectivity index (χ0v) is 16.9. The van der Waals surface area contributed by atoms with Crippen LogP contribution in [0, 0.1) is 0 Å². The number of carbonyl (C=O) groups excluding carboxylic acids is 1. The molecule has 0 spiro atoms. The van der Waals surface area contributed by atoms with E-state index in [1.807, 2.05) is 30.3 Å². The van der Waals surface area contributed by atoms with E-state index in [9.17, 15) is 31.1 Å². The van der Waals surface area contributed by atoms with E-state index in [1.54, 1.807) is 12.1 Å². The number of nitrogens with one attached hydrogen (secondary N) is 2. The fourth-order valence-corrected chi connectivity index (χ4v) is 3.21. The fourth-order valence-electron chi connectivity index (χ4n) is 3.21. The first-order valence-corrected chi connectivity index (χ1v) is 9.57. The maximum Gasteiger partial charge on any atom is 0.416 e. The van der Waals surface area contributed by atoms with Gasteiger partial charge in [-0.05, 0) is 51.9 Å². The van der Waals surface area contributed by atoms with Crippen molar-refractivity contribution in [2.24, 2.45) is 0 Å². The van der Waals surface area contributed by atoms with Gasteiger partial charge in [0.2, 0.25) is 0 Å². The minimum absolute atomic E-state index is 0.0446. The molecular formula is C22H13F6N5O. The molecule has 34 heavy (non-hydrogen) atoms. The van der Waals surface area contributed by atoms with Gasteiger partial charge in [-0.3, -0.25) is 4.79 Å². The van der Waals surface area contributed by atoms with Gasteiger partial charge in [-0.2, -0.15) is 26.3 Å². The van der Waals surface area contributed by atoms with Crippen LogP contribution < -0.4 is 5.32 Å². The number of hydrogen-bond acceptors (Lipinski definition) is 4. The number of H-pyrrole nitrogens is 1. The summed E-state index contributed by atoms with van der Waals surface area (Å²) in [6, 6.07) is 14.5. The Morgan fingerprint density at radius 2 is 1.44 bits per heavy atom. The highest BCUT2D eigenvalue weighted by Crippen LogP contribution is 2.37. The molecule has 0 aliphatic carbocycles. The molecule has 1 heterocycles. The molecular weight excluding hydrogens is 464 g/mol. The van der Waals surface area contributed by atoms with Crippen LogP contribution in [0.2, 0.25) is 0 Å². The van der Waals surface area contributed by atoms with Crippen LogP contribution in [-0.2, 0) is 12.4 Å². The zero-order chi connectivity index (χ0) is 24.5. The lowest BCUT2D eigenvalue weighted by atomic mass is 10.0. The lowest BCUT2D eigenvalue weighted by Crippen LogP contribution is -2.17. The number of nitrogens with zero attached hydrogens (tertiary/aromatic N) is 3. The quantitative estimate of drug-likeness (QED) is 0.363. The van der Waals surface area contributed by atoms with Crippen LogP contribution in [0.15, 0.2) is 66.7 Å². The average Bonchev–Trinajstić information content (AvgIpc) is 3.33. The molecule has 6 nitrogen and oxygen atoms in total. The Morgan fingerprint density at radius 3 is 2.00 bits per heavy atom. The monoisotopic (exact) mass is 477 g/mol. The Bertz CT molecular complexity index is 1290. The number of aromatic nitrogens is 4. The summed E-state index contributed by atoms with van der Waals surface area (Å²) >= 11 is 0. The topological polar surface area (TPSA) is 83.6 Å². The highest BCUT2D eigenvalue weighted by Gasteiger charge is 2.37. The Kier molecular flexibility index (Phi) is 5.82. The van der Waals surface area contributed by atoms with Gasteiger partial charge in [0.1, 0.15) is 0 Å². The molecule has 0 atom stereocenters. The van der Waals surface area contributed by atoms with Gasteiger partial charge in [0.25, 0.3) is 5.91 Å². The second kappa shape index (κ2) is 8.61. The largest absolute Gasteiger partial charge is 0.416 e. The van der Waals surface area contributed by atoms with Gasteiger partial charge >= 0.3 is 12.4 Å². The smallest absolute Gasteiger partial charge is 0.321 e. The van der Waals surface area contributed by atoms with Crippen molar-refractivity contribution < 1.29 is 31.1 Å². The predicted molar refractivity (Wildman–Crippen MR) is 109 cm³/mol. The number of tetrazole rings is 1. The van der Waals surface area contributed by atoms with Gasteiger partial charge in [0.15, 0.2) is 5.82 Å². The van der Waals surface area contributed by atoms with E-state index in [2.05, 4.69) is 25.9 Å². The van der Waals surface area contributed by atoms with E-state index >= 15 is 0 Å². The third kappa shape index (κ3) is 4.90. The van der Waals surface area contributed by atoms with Crippen molar-refractivity contribution in [2.45, 2.75) is 12.4 Å². The SMILES string of the molecule is O=C(Nc1ccc(-c2ccccc2)cc1-c1nnn[nH]1)c1cc(C(F)(F)F)cc(C(F)(F)F)c1. The fraction of sp³-hybridized carbons (Fsp3) is 0.0909. The van der Waals surface area contributed by atoms with Gasteiger partial charge in [-0.15, -0.1) is 5.10 Å². The first kappa shape index (κ1) is 23.0. The molecule has 0 aliphatic heterocycles. The molecule has 0 unspecified atom stereocenters. The minimum atomic E-state index is -5.08. The molecule has 3 aromatic carbocycles. The molecule has 1 amide bonds. The highest BCUT2D eigenvalue weighted by atomic mass is 19.4. The van der Waals surface area contributed by atoms with E-state index in [0.717, 1.165) is 5.56 Å². The second-order valence-corrected chi connectivity index (χ2v) is 7.12. The van der Waals surface area contributed by atoms with Gasteiger partial charge in [-0.1, -0.05) is 36.4 Å². The first-order chi connectivity index (χ1) is 16.0. The summed E-state index contributed by atoms with van der Waals surface area (Å²) < 4.78 is 78.9. The first-order valence-electron chi connectivity index (χ1n) is 9.57. The van der Waals surface area contributed by atoms with E-state index in [0.29, 0.717) is 17.7 Å². The molecule has 0 bridgehead atoms. The van der Waals surface area contributed by atoms with E-state index in [1.165, 1.54) is 6.07 Å². The van der Waals surface area contributed by atoms with Crippen molar-refractivity contribution in [3.63, 3.8) is 0 Å². The van der Waals surface area contributed by atoms with Crippen LogP contribution in [0.3, 0.4) is 0 Å². The maximum atomic E-state index is 13.2. The highest BCUT2D eigenvalue weighted by molar-refractivity contribution is 6.06. The lowest BCUT2D eigenvalue weighted by molar-refractivity contribution is -0.143. The zero-order valence-electron chi connectivity index (χ0n) is 16.9. The number of halogens is 6. The summed E-state index contributed by atoms with van der Waals surface area (Å²) in [5.74, 6) is -1.04. The number of alkyl halides is 6. The van der Waals surface area contributed by atoms with Gasteiger partial charge in [-0.25, -0.2) is 5.10 Å². The third-order valence-electron chi connectivity index (χ3n) is 4.83. The van der Waals surface area contributed by atoms with Crippen molar-refractivity contribution in [2.75, 3.05) is 5.32 Å². The lowest BCUT2D eigenvalue weighted by Gasteiger charge is -2.15. The van der Waals surface area contributed by atoms with Gasteiger partial charge in [0, 0.05) is 11.1 Å². The number of amides is 1. The molecule has 12 heteroatoms. The number of benzene rings is 3. The number of aromatic amines is 1. The molecule has 174 valence electrons. The maximum absolute atomic E-state index is 13.2. The molecule has 0 saturated carbocycles. The predicted octanol–water partition coefficient (Wildman–Crippen LogP) is 5.82. The Hall–Kier alpha value is -4.22. The number of rotatable bonds is 4. The van der Waals surface area contributed by atoms with Crippen molar-refractivity contribution in [1.82, 2.24) is 20.6 Å². The number of anilines is 1. The molecule has 1 aromatic heterocycles. The Balaban J connectivity index is 1.75. The summed E-state index contributed by atoms with van der Waals surface area (Å²) in [5, 5.41) is 15.6. The summed E-state index contributed by atoms with van der Waals surface area (Å²) in [6.45, 7) is 0. The standard InChI is InChI=1S/C22H13F6N5O/c23-21(24,25)15-8-14(9-16(11-15)22(26,27)28)20(34)29-18-7-6-13(12-4-2-1-3-5-12)10-17(18)19-30-32-33-31-19/h1-11H,(H,29,34)(H,30,31,32,33). The van der Waals surface area contributed by atoms with Crippen molar-refractivity contribution in [3.05, 3.63) is 83.4 Å². The van der Waals surface area contributed by atoms with Crippen molar-refractivity contribution in [1.29, 1.82) is 0 Å². The Labute approximate surface area is 187 Å². The molecule has 2 N–H and O–H groups in total. The number of hydrogen-bond donors (Lipinski definition) is 2. The molecule has 4 rings (SSSR count). The van der Waals surface area contributed by atoms with Crippen LogP contribution in [0.5, 0.6) is 0 Å². The van der Waals surface area contributed by atoms with Crippen molar-refractivity contribution >= 4 is 11.6 Å². The molecule has 0 fully saturated rings. The van der Waals surface area contributed by atoms with E-state index in [4.69, 9.17) is 0 Å². The van der Waals surface area contributed by atoms with E-state index < -0.39 is 35.0 Å². The summed E-state index contributed by atoms with van der Waals surface area (Å²) in [4.78, 5) is 12.7. The van der Waals surface area contributed by atoms with Crippen LogP contribution in [0.1, 0.15) is 21.5 Å². The third-order valence-corrected chi connectivity index (χ3v) is 4.83. The summed E-state index contributed by atoms with van der Waals surface area (Å²) in [6.07, 6.45) is -10.2. The normalized spacial score (nSPS) is 11.9. The minimum Gasteiger partial charge on any atom is -0.321 e. The second-order valence-electron chi connectivity index (χ2n) is 7.12. The van der Waals surface area contributed by atoms with E-state index in [-0.39, 0.29) is 23.1 Å². The van der Waals surface area contributed by atoms with Crippen LogP contribution in [0.4, 0.5) is 32.0 Å². The van der Waals surface area contributed by atoms with Crippen molar-refractivity contribution in [3.8, 4) is 22.5 Å². The van der Waals surface area contributed by atoms with Crippen LogP contribution in [-0.4, -0.2) is 26.5 Å². The van der Waals surface area contributed by atoms with Gasteiger partial charge in [0.05, 0.1) is 16.8 Å². The molecule has 0 aliphatic rings. The van der Waals surface area contributed by atoms with Crippen LogP contribution >= 0.6 is 0 Å². The summed E-state index contributed by atoms with van der Waals surface area (Å²) in [7, 11) is 0.